The van der Waals surface area contributed by atoms with Gasteiger partial charge in [0.1, 0.15) is 0 Å². The Morgan fingerprint density at radius 3 is 2.50 bits per heavy atom. The summed E-state index contributed by atoms with van der Waals surface area (Å²) >= 11 is 0. The van der Waals surface area contributed by atoms with Crippen LogP contribution in [0.4, 0.5) is 8.78 Å². The molecule has 1 heterocycles. The van der Waals surface area contributed by atoms with Gasteiger partial charge in [0, 0.05) is 24.4 Å². The summed E-state index contributed by atoms with van der Waals surface area (Å²) in [5.41, 5.74) is 0.266. The fraction of sp³-hybridized carbons (Fsp3) is 1.00. The summed E-state index contributed by atoms with van der Waals surface area (Å²) < 4.78 is 32.2. The molecule has 2 nitrogen and oxygen atoms in total. The minimum absolute atomic E-state index is 0.258. The van der Waals surface area contributed by atoms with Crippen molar-refractivity contribution in [3.8, 4) is 0 Å². The van der Waals surface area contributed by atoms with Crippen LogP contribution in [0.15, 0.2) is 0 Å². The molecule has 1 atom stereocenters. The number of alkyl halides is 2. The van der Waals surface area contributed by atoms with E-state index in [1.807, 2.05) is 13.8 Å². The van der Waals surface area contributed by atoms with E-state index in [2.05, 4.69) is 4.90 Å². The molecule has 2 aliphatic rings. The highest BCUT2D eigenvalue weighted by molar-refractivity contribution is 4.97. The molecular weight excluding hydrogens is 236 g/mol. The first kappa shape index (κ1) is 14.2. The Labute approximate surface area is 109 Å². The first-order valence-corrected chi connectivity index (χ1v) is 7.03. The Hall–Kier alpha value is -0.220. The normalized spacial score (nSPS) is 28.0. The van der Waals surface area contributed by atoms with Gasteiger partial charge in [0.05, 0.1) is 12.7 Å². The maximum atomic E-state index is 13.3. The Kier molecular flexibility index (Phi) is 3.98. The van der Waals surface area contributed by atoms with Gasteiger partial charge in [-0.2, -0.15) is 0 Å². The highest BCUT2D eigenvalue weighted by Crippen LogP contribution is 2.47. The lowest BCUT2D eigenvalue weighted by Crippen LogP contribution is -2.34. The van der Waals surface area contributed by atoms with Gasteiger partial charge in [-0.1, -0.05) is 0 Å². The van der Waals surface area contributed by atoms with Gasteiger partial charge in [-0.25, -0.2) is 8.78 Å². The second-order valence-electron chi connectivity index (χ2n) is 6.54. The number of likely N-dealkylation sites (tertiary alicyclic amines) is 1. The Bertz CT molecular complexity index is 284. The summed E-state index contributed by atoms with van der Waals surface area (Å²) in [5, 5.41) is 0. The van der Waals surface area contributed by atoms with Gasteiger partial charge >= 0.3 is 0 Å². The number of hydrogen-bond donors (Lipinski definition) is 0. The van der Waals surface area contributed by atoms with Gasteiger partial charge < -0.3 is 9.64 Å². The van der Waals surface area contributed by atoms with Crippen molar-refractivity contribution in [2.75, 3.05) is 26.2 Å². The highest BCUT2D eigenvalue weighted by Gasteiger charge is 2.47. The summed E-state index contributed by atoms with van der Waals surface area (Å²) in [6.07, 6.45) is 3.26. The lowest BCUT2D eigenvalue weighted by Gasteiger charge is -2.25. The van der Waals surface area contributed by atoms with Crippen LogP contribution in [0.1, 0.15) is 40.0 Å². The van der Waals surface area contributed by atoms with Crippen molar-refractivity contribution in [3.05, 3.63) is 0 Å². The van der Waals surface area contributed by atoms with Gasteiger partial charge in [-0.3, -0.25) is 0 Å². The van der Waals surface area contributed by atoms with E-state index in [0.717, 1.165) is 26.6 Å². The van der Waals surface area contributed by atoms with Crippen LogP contribution in [0.25, 0.3) is 0 Å². The molecule has 4 heteroatoms. The van der Waals surface area contributed by atoms with Crippen LogP contribution in [0.5, 0.6) is 0 Å². The fourth-order valence-corrected chi connectivity index (χ4v) is 2.73. The van der Waals surface area contributed by atoms with E-state index in [-0.39, 0.29) is 11.5 Å². The van der Waals surface area contributed by atoms with E-state index in [0.29, 0.717) is 13.0 Å². The van der Waals surface area contributed by atoms with Crippen molar-refractivity contribution in [2.24, 2.45) is 11.3 Å². The molecule has 0 N–H and O–H groups in total. The number of ether oxygens (including phenoxy) is 1. The monoisotopic (exact) mass is 261 g/mol. The maximum absolute atomic E-state index is 13.3. The molecule has 0 aromatic heterocycles. The Morgan fingerprint density at radius 2 is 2.06 bits per heavy atom. The molecule has 0 spiro atoms. The first-order chi connectivity index (χ1) is 8.31. The molecule has 1 saturated heterocycles. The number of nitrogens with zero attached hydrogens (tertiary/aromatic N) is 1. The molecule has 18 heavy (non-hydrogen) atoms. The van der Waals surface area contributed by atoms with Crippen molar-refractivity contribution >= 4 is 0 Å². The predicted molar refractivity (Wildman–Crippen MR) is 67.9 cm³/mol. The molecule has 1 saturated carbocycles. The van der Waals surface area contributed by atoms with Gasteiger partial charge in [0.25, 0.3) is 0 Å². The molecule has 1 aliphatic heterocycles. The molecule has 2 fully saturated rings. The van der Waals surface area contributed by atoms with Crippen LogP contribution in [-0.4, -0.2) is 43.2 Å². The number of hydrogen-bond acceptors (Lipinski definition) is 2. The van der Waals surface area contributed by atoms with Gasteiger partial charge in [0.2, 0.25) is 5.92 Å². The van der Waals surface area contributed by atoms with Crippen molar-refractivity contribution in [2.45, 2.75) is 52.1 Å². The van der Waals surface area contributed by atoms with Crippen molar-refractivity contribution in [1.29, 1.82) is 0 Å². The van der Waals surface area contributed by atoms with E-state index in [1.54, 1.807) is 0 Å². The fourth-order valence-electron chi connectivity index (χ4n) is 2.73. The minimum atomic E-state index is -2.53. The van der Waals surface area contributed by atoms with Gasteiger partial charge in [0.15, 0.2) is 0 Å². The summed E-state index contributed by atoms with van der Waals surface area (Å²) in [4.78, 5) is 2.21. The number of halogens is 2. The van der Waals surface area contributed by atoms with Crippen molar-refractivity contribution in [3.63, 3.8) is 0 Å². The molecule has 0 aromatic carbocycles. The molecule has 0 bridgehead atoms. The zero-order valence-corrected chi connectivity index (χ0v) is 11.7. The van der Waals surface area contributed by atoms with Crippen LogP contribution in [-0.2, 0) is 4.74 Å². The van der Waals surface area contributed by atoms with Crippen molar-refractivity contribution in [1.82, 2.24) is 4.90 Å². The van der Waals surface area contributed by atoms with Gasteiger partial charge in [-0.05, 0) is 46.6 Å². The third kappa shape index (κ3) is 3.64. The molecule has 2 rings (SSSR count). The van der Waals surface area contributed by atoms with Crippen LogP contribution >= 0.6 is 0 Å². The van der Waals surface area contributed by atoms with Crippen LogP contribution < -0.4 is 0 Å². The molecular formula is C14H25F2NO. The zero-order chi connectivity index (χ0) is 13.4. The predicted octanol–water partition coefficient (Wildman–Crippen LogP) is 3.17. The van der Waals surface area contributed by atoms with E-state index >= 15 is 0 Å². The van der Waals surface area contributed by atoms with E-state index in [9.17, 15) is 8.78 Å². The zero-order valence-electron chi connectivity index (χ0n) is 11.7. The van der Waals surface area contributed by atoms with Crippen LogP contribution in [0.2, 0.25) is 0 Å². The largest absolute Gasteiger partial charge is 0.378 e. The quantitative estimate of drug-likeness (QED) is 0.728. The Balaban J connectivity index is 1.78. The smallest absolute Gasteiger partial charge is 0.249 e. The summed E-state index contributed by atoms with van der Waals surface area (Å²) in [5.74, 6) is -2.99. The maximum Gasteiger partial charge on any atom is 0.249 e. The third-order valence-electron chi connectivity index (χ3n) is 4.23. The van der Waals surface area contributed by atoms with E-state index < -0.39 is 11.8 Å². The molecule has 1 aliphatic carbocycles. The Morgan fingerprint density at radius 1 is 1.39 bits per heavy atom. The molecule has 0 aromatic rings. The van der Waals surface area contributed by atoms with Gasteiger partial charge in [-0.15, -0.1) is 0 Å². The highest BCUT2D eigenvalue weighted by atomic mass is 19.3. The lowest BCUT2D eigenvalue weighted by atomic mass is 10.0. The molecule has 106 valence electrons. The van der Waals surface area contributed by atoms with Crippen LogP contribution in [0, 0.1) is 11.3 Å². The topological polar surface area (TPSA) is 12.5 Å². The molecule has 0 radical (unpaired) electrons. The van der Waals surface area contributed by atoms with E-state index in [4.69, 9.17) is 4.74 Å². The molecule has 0 amide bonds. The second kappa shape index (κ2) is 5.04. The standard InChI is InChI=1S/C14H25F2NO/c1-11(2)18-10-14(5-6-14)9-17-7-4-12(8-17)13(3,15)16/h11-12H,4-10H2,1-3H3. The summed E-state index contributed by atoms with van der Waals surface area (Å²) in [7, 11) is 0. The minimum Gasteiger partial charge on any atom is -0.378 e. The second-order valence-corrected chi connectivity index (χ2v) is 6.54. The SMILES string of the molecule is CC(C)OCC1(CN2CCC(C(C)(F)F)C2)CC1. The first-order valence-electron chi connectivity index (χ1n) is 7.03. The third-order valence-corrected chi connectivity index (χ3v) is 4.23. The summed E-state index contributed by atoms with van der Waals surface area (Å²) in [6.45, 7) is 8.22. The van der Waals surface area contributed by atoms with E-state index in [1.165, 1.54) is 12.8 Å². The average Bonchev–Trinajstić information content (AvgIpc) is 2.82. The summed E-state index contributed by atoms with van der Waals surface area (Å²) in [6, 6.07) is 0. The molecule has 1 unspecified atom stereocenters. The van der Waals surface area contributed by atoms with Crippen LogP contribution in [0.3, 0.4) is 0 Å². The number of rotatable bonds is 6. The van der Waals surface area contributed by atoms with Crippen molar-refractivity contribution < 1.29 is 13.5 Å². The average molecular weight is 261 g/mol. The lowest BCUT2D eigenvalue weighted by molar-refractivity contribution is -0.0364.